The van der Waals surface area contributed by atoms with Crippen LogP contribution < -0.4 is 0 Å². The molecule has 1 aromatic rings. The standard InChI is InChI=1S/C18H28N2O2/c21-12-17-5-4-16(22-17)11-20-9-7-18(14-20)6-1-8-19(13-18)10-15-2-3-15/h4-5,15,21H,1-3,6-14H2/t18-/m0/s1. The van der Waals surface area contributed by atoms with Crippen LogP contribution in [0.5, 0.6) is 0 Å². The first-order valence-corrected chi connectivity index (χ1v) is 8.88. The van der Waals surface area contributed by atoms with Crippen molar-refractivity contribution in [1.82, 2.24) is 9.80 Å². The molecule has 0 amide bonds. The number of piperidine rings is 1. The maximum atomic E-state index is 9.10. The Hall–Kier alpha value is -0.840. The maximum Gasteiger partial charge on any atom is 0.129 e. The summed E-state index contributed by atoms with van der Waals surface area (Å²) in [6.07, 6.45) is 7.02. The van der Waals surface area contributed by atoms with Crippen LogP contribution in [0.2, 0.25) is 0 Å². The van der Waals surface area contributed by atoms with Crippen LogP contribution in [0.25, 0.3) is 0 Å². The van der Waals surface area contributed by atoms with Gasteiger partial charge in [-0.1, -0.05) is 0 Å². The van der Waals surface area contributed by atoms with E-state index in [0.29, 0.717) is 11.2 Å². The van der Waals surface area contributed by atoms with Gasteiger partial charge in [0.05, 0.1) is 6.54 Å². The zero-order valence-corrected chi connectivity index (χ0v) is 13.5. The summed E-state index contributed by atoms with van der Waals surface area (Å²) >= 11 is 0. The van der Waals surface area contributed by atoms with E-state index in [1.807, 2.05) is 12.1 Å². The van der Waals surface area contributed by atoms with Gasteiger partial charge in [-0.3, -0.25) is 4.90 Å². The van der Waals surface area contributed by atoms with E-state index >= 15 is 0 Å². The molecule has 1 atom stereocenters. The van der Waals surface area contributed by atoms with Crippen LogP contribution in [0, 0.1) is 11.3 Å². The van der Waals surface area contributed by atoms with Gasteiger partial charge in [0.15, 0.2) is 0 Å². The van der Waals surface area contributed by atoms with Gasteiger partial charge >= 0.3 is 0 Å². The van der Waals surface area contributed by atoms with E-state index in [4.69, 9.17) is 9.52 Å². The SMILES string of the molecule is OCc1ccc(CN2CC[C@]3(CCCN(CC4CC4)C3)C2)o1. The van der Waals surface area contributed by atoms with E-state index in [1.165, 1.54) is 64.8 Å². The lowest BCUT2D eigenvalue weighted by Gasteiger charge is -2.40. The average Bonchev–Trinajstić information content (AvgIpc) is 3.08. The first-order valence-electron chi connectivity index (χ1n) is 8.88. The Balaban J connectivity index is 1.34. The fourth-order valence-electron chi connectivity index (χ4n) is 4.44. The van der Waals surface area contributed by atoms with Crippen LogP contribution >= 0.6 is 0 Å². The smallest absolute Gasteiger partial charge is 0.129 e. The van der Waals surface area contributed by atoms with Gasteiger partial charge in [-0.25, -0.2) is 0 Å². The first kappa shape index (κ1) is 14.7. The Kier molecular flexibility index (Phi) is 4.01. The van der Waals surface area contributed by atoms with Gasteiger partial charge in [-0.2, -0.15) is 0 Å². The highest BCUT2D eigenvalue weighted by atomic mass is 16.4. The summed E-state index contributed by atoms with van der Waals surface area (Å²) < 4.78 is 5.65. The first-order chi connectivity index (χ1) is 10.7. The average molecular weight is 304 g/mol. The molecule has 3 fully saturated rings. The third kappa shape index (κ3) is 3.24. The Bertz CT molecular complexity index is 511. The molecule has 1 saturated carbocycles. The van der Waals surface area contributed by atoms with Crippen molar-refractivity contribution in [3.05, 3.63) is 23.7 Å². The number of likely N-dealkylation sites (tertiary alicyclic amines) is 2. The van der Waals surface area contributed by atoms with Gasteiger partial charge in [0.1, 0.15) is 18.1 Å². The van der Waals surface area contributed by atoms with E-state index in [2.05, 4.69) is 9.80 Å². The fourth-order valence-corrected chi connectivity index (χ4v) is 4.44. The normalized spacial score (nSPS) is 30.4. The van der Waals surface area contributed by atoms with E-state index in [1.54, 1.807) is 0 Å². The van der Waals surface area contributed by atoms with Crippen molar-refractivity contribution in [2.24, 2.45) is 11.3 Å². The second-order valence-electron chi connectivity index (χ2n) is 7.77. The summed E-state index contributed by atoms with van der Waals surface area (Å²) in [6, 6.07) is 3.90. The molecule has 4 rings (SSSR count). The topological polar surface area (TPSA) is 39.9 Å². The van der Waals surface area contributed by atoms with Gasteiger partial charge in [0.2, 0.25) is 0 Å². The minimum Gasteiger partial charge on any atom is -0.462 e. The zero-order valence-electron chi connectivity index (χ0n) is 13.5. The molecule has 1 N–H and O–H groups in total. The van der Waals surface area contributed by atoms with Crippen LogP contribution in [-0.2, 0) is 13.2 Å². The van der Waals surface area contributed by atoms with Gasteiger partial charge in [-0.05, 0) is 68.7 Å². The van der Waals surface area contributed by atoms with E-state index in [-0.39, 0.29) is 6.61 Å². The molecule has 1 aromatic heterocycles. The third-order valence-corrected chi connectivity index (χ3v) is 5.72. The van der Waals surface area contributed by atoms with Gasteiger partial charge in [-0.15, -0.1) is 0 Å². The van der Waals surface area contributed by atoms with Crippen LogP contribution in [0.4, 0.5) is 0 Å². The number of rotatable bonds is 5. The monoisotopic (exact) mass is 304 g/mol. The molecule has 0 aromatic carbocycles. The minimum atomic E-state index is 0.0000637. The third-order valence-electron chi connectivity index (χ3n) is 5.72. The molecule has 1 aliphatic carbocycles. The lowest BCUT2D eigenvalue weighted by molar-refractivity contribution is 0.0874. The molecule has 1 spiro atoms. The van der Waals surface area contributed by atoms with E-state index < -0.39 is 0 Å². The minimum absolute atomic E-state index is 0.0000637. The second-order valence-corrected chi connectivity index (χ2v) is 7.77. The predicted molar refractivity (Wildman–Crippen MR) is 85.4 cm³/mol. The van der Waals surface area contributed by atoms with Crippen LogP contribution in [-0.4, -0.2) is 47.6 Å². The zero-order chi connectivity index (χ0) is 15.0. The molecule has 4 heteroatoms. The van der Waals surface area contributed by atoms with Crippen molar-refractivity contribution in [2.45, 2.75) is 45.3 Å². The Morgan fingerprint density at radius 3 is 2.68 bits per heavy atom. The number of aliphatic hydroxyl groups excluding tert-OH is 1. The Morgan fingerprint density at radius 2 is 1.91 bits per heavy atom. The second kappa shape index (κ2) is 5.99. The van der Waals surface area contributed by atoms with Crippen LogP contribution in [0.1, 0.15) is 43.6 Å². The summed E-state index contributed by atoms with van der Waals surface area (Å²) in [6.45, 7) is 7.26. The Morgan fingerprint density at radius 1 is 1.09 bits per heavy atom. The highest BCUT2D eigenvalue weighted by molar-refractivity contribution is 5.07. The number of aliphatic hydroxyl groups is 1. The molecule has 2 saturated heterocycles. The summed E-state index contributed by atoms with van der Waals surface area (Å²) in [4.78, 5) is 5.28. The fraction of sp³-hybridized carbons (Fsp3) is 0.778. The van der Waals surface area contributed by atoms with Crippen molar-refractivity contribution in [1.29, 1.82) is 0 Å². The molecule has 22 heavy (non-hydrogen) atoms. The van der Waals surface area contributed by atoms with Crippen LogP contribution in [0.15, 0.2) is 16.5 Å². The molecule has 122 valence electrons. The molecular formula is C18H28N2O2. The number of hydrogen-bond donors (Lipinski definition) is 1. The lowest BCUT2D eigenvalue weighted by atomic mass is 9.79. The van der Waals surface area contributed by atoms with Gasteiger partial charge in [0.25, 0.3) is 0 Å². The predicted octanol–water partition coefficient (Wildman–Crippen LogP) is 2.47. The van der Waals surface area contributed by atoms with E-state index in [9.17, 15) is 0 Å². The van der Waals surface area contributed by atoms with Crippen molar-refractivity contribution in [3.8, 4) is 0 Å². The molecular weight excluding hydrogens is 276 g/mol. The summed E-state index contributed by atoms with van der Waals surface area (Å²) in [5.74, 6) is 2.68. The molecule has 4 nitrogen and oxygen atoms in total. The lowest BCUT2D eigenvalue weighted by Crippen LogP contribution is -2.45. The summed E-state index contributed by atoms with van der Waals surface area (Å²) in [5, 5.41) is 9.10. The number of nitrogens with zero attached hydrogens (tertiary/aromatic N) is 2. The maximum absolute atomic E-state index is 9.10. The summed E-state index contributed by atoms with van der Waals surface area (Å²) in [7, 11) is 0. The molecule has 0 radical (unpaired) electrons. The van der Waals surface area contributed by atoms with Crippen molar-refractivity contribution in [3.63, 3.8) is 0 Å². The molecule has 0 bridgehead atoms. The number of hydrogen-bond acceptors (Lipinski definition) is 4. The molecule has 0 unspecified atom stereocenters. The molecule has 2 aliphatic heterocycles. The van der Waals surface area contributed by atoms with Crippen molar-refractivity contribution < 1.29 is 9.52 Å². The van der Waals surface area contributed by atoms with Gasteiger partial charge < -0.3 is 14.4 Å². The van der Waals surface area contributed by atoms with Crippen LogP contribution in [0.3, 0.4) is 0 Å². The highest BCUT2D eigenvalue weighted by Crippen LogP contribution is 2.41. The highest BCUT2D eigenvalue weighted by Gasteiger charge is 2.42. The largest absolute Gasteiger partial charge is 0.462 e. The Labute approximate surface area is 133 Å². The van der Waals surface area contributed by atoms with Crippen molar-refractivity contribution >= 4 is 0 Å². The van der Waals surface area contributed by atoms with Crippen molar-refractivity contribution in [2.75, 3.05) is 32.7 Å². The summed E-state index contributed by atoms with van der Waals surface area (Å²) in [5.41, 5.74) is 0.527. The number of furan rings is 1. The van der Waals surface area contributed by atoms with Gasteiger partial charge in [0, 0.05) is 19.6 Å². The van der Waals surface area contributed by atoms with E-state index in [0.717, 1.165) is 18.2 Å². The molecule has 3 aliphatic rings. The molecule has 3 heterocycles. The quantitative estimate of drug-likeness (QED) is 0.907.